The van der Waals surface area contributed by atoms with Crippen LogP contribution in [0, 0.1) is 35.0 Å². The van der Waals surface area contributed by atoms with Crippen molar-refractivity contribution in [2.75, 3.05) is 0 Å². The number of carboxylic acid groups (broad SMARTS) is 1. The SMILES string of the molecule is C/C1=C/C[C@@H]2[C@H]([C@H](C)C(=O)O)CC[C@@]2(C)C/C=C(\C)CC=C2[C@H]1CC[C@@H]2C. The minimum atomic E-state index is -0.627. The second kappa shape index (κ2) is 7.97. The fourth-order valence-electron chi connectivity index (χ4n) is 6.05. The summed E-state index contributed by atoms with van der Waals surface area (Å²) in [6, 6.07) is 0. The van der Waals surface area contributed by atoms with Gasteiger partial charge >= 0.3 is 5.97 Å². The monoisotopic (exact) mass is 370 g/mol. The maximum absolute atomic E-state index is 11.7. The van der Waals surface area contributed by atoms with Crippen LogP contribution in [0.25, 0.3) is 0 Å². The van der Waals surface area contributed by atoms with Crippen molar-refractivity contribution in [2.45, 2.75) is 79.6 Å². The molecule has 0 heterocycles. The average molecular weight is 371 g/mol. The molecule has 2 fully saturated rings. The number of carboxylic acids is 1. The van der Waals surface area contributed by atoms with Gasteiger partial charge in [-0.1, -0.05) is 55.7 Å². The van der Waals surface area contributed by atoms with Crippen LogP contribution in [0.2, 0.25) is 0 Å². The van der Waals surface area contributed by atoms with E-state index in [9.17, 15) is 9.90 Å². The lowest BCUT2D eigenvalue weighted by molar-refractivity contribution is -0.143. The van der Waals surface area contributed by atoms with Crippen molar-refractivity contribution in [2.24, 2.45) is 35.0 Å². The lowest BCUT2D eigenvalue weighted by atomic mass is 9.69. The van der Waals surface area contributed by atoms with E-state index >= 15 is 0 Å². The van der Waals surface area contributed by atoms with Gasteiger partial charge in [0.05, 0.1) is 5.92 Å². The van der Waals surface area contributed by atoms with Crippen molar-refractivity contribution in [3.8, 4) is 0 Å². The Bertz CT molecular complexity index is 668. The van der Waals surface area contributed by atoms with Crippen LogP contribution in [0.1, 0.15) is 79.6 Å². The first-order valence-electron chi connectivity index (χ1n) is 11.0. The lowest BCUT2D eigenvalue weighted by Crippen LogP contribution is -2.30. The highest BCUT2D eigenvalue weighted by molar-refractivity contribution is 5.70. The number of hydrogen-bond donors (Lipinski definition) is 1. The zero-order chi connectivity index (χ0) is 19.8. The molecule has 1 N–H and O–H groups in total. The van der Waals surface area contributed by atoms with Gasteiger partial charge in [0.15, 0.2) is 0 Å². The summed E-state index contributed by atoms with van der Waals surface area (Å²) in [5, 5.41) is 9.64. The van der Waals surface area contributed by atoms with Crippen molar-refractivity contribution < 1.29 is 9.90 Å². The minimum Gasteiger partial charge on any atom is -0.481 e. The van der Waals surface area contributed by atoms with Crippen molar-refractivity contribution in [3.63, 3.8) is 0 Å². The molecule has 2 heteroatoms. The molecule has 3 rings (SSSR count). The van der Waals surface area contributed by atoms with Crippen LogP contribution in [0.3, 0.4) is 0 Å². The number of aliphatic carboxylic acids is 1. The summed E-state index contributed by atoms with van der Waals surface area (Å²) in [6.07, 6.45) is 15.4. The molecule has 0 amide bonds. The first kappa shape index (κ1) is 20.4. The average Bonchev–Trinajstić information content (AvgIpc) is 3.15. The van der Waals surface area contributed by atoms with Crippen molar-refractivity contribution in [3.05, 3.63) is 34.9 Å². The summed E-state index contributed by atoms with van der Waals surface area (Å²) in [4.78, 5) is 11.7. The van der Waals surface area contributed by atoms with Crippen LogP contribution in [-0.2, 0) is 4.79 Å². The van der Waals surface area contributed by atoms with Crippen LogP contribution < -0.4 is 0 Å². The molecule has 0 unspecified atom stereocenters. The molecule has 3 aliphatic carbocycles. The van der Waals surface area contributed by atoms with E-state index in [4.69, 9.17) is 0 Å². The van der Waals surface area contributed by atoms with E-state index in [2.05, 4.69) is 45.9 Å². The normalized spacial score (nSPS) is 42.3. The Morgan fingerprint density at radius 2 is 1.93 bits per heavy atom. The van der Waals surface area contributed by atoms with E-state index in [1.54, 1.807) is 5.57 Å². The van der Waals surface area contributed by atoms with Crippen LogP contribution in [0.4, 0.5) is 0 Å². The number of fused-ring (bicyclic) bond motifs is 2. The van der Waals surface area contributed by atoms with E-state index in [0.29, 0.717) is 23.7 Å². The Morgan fingerprint density at radius 1 is 1.19 bits per heavy atom. The van der Waals surface area contributed by atoms with Gasteiger partial charge in [-0.25, -0.2) is 0 Å². The van der Waals surface area contributed by atoms with E-state index in [1.807, 2.05) is 6.92 Å². The molecule has 0 aromatic carbocycles. The lowest BCUT2D eigenvalue weighted by Gasteiger charge is -2.35. The number of rotatable bonds is 2. The van der Waals surface area contributed by atoms with Gasteiger partial charge < -0.3 is 5.11 Å². The largest absolute Gasteiger partial charge is 0.481 e. The van der Waals surface area contributed by atoms with Gasteiger partial charge in [-0.05, 0) is 82.0 Å². The summed E-state index contributed by atoms with van der Waals surface area (Å²) in [7, 11) is 0. The van der Waals surface area contributed by atoms with Gasteiger partial charge in [0.1, 0.15) is 0 Å². The molecule has 2 nitrogen and oxygen atoms in total. The smallest absolute Gasteiger partial charge is 0.306 e. The van der Waals surface area contributed by atoms with Gasteiger partial charge in [-0.3, -0.25) is 4.79 Å². The number of hydrogen-bond acceptors (Lipinski definition) is 1. The van der Waals surface area contributed by atoms with Crippen molar-refractivity contribution >= 4 is 5.97 Å². The molecule has 0 radical (unpaired) electrons. The molecular formula is C25H38O2. The highest BCUT2D eigenvalue weighted by Gasteiger charge is 2.47. The van der Waals surface area contributed by atoms with Crippen LogP contribution in [-0.4, -0.2) is 11.1 Å². The third-order valence-corrected chi connectivity index (χ3v) is 8.17. The maximum Gasteiger partial charge on any atom is 0.306 e. The molecule has 0 aromatic rings. The predicted molar refractivity (Wildman–Crippen MR) is 112 cm³/mol. The fraction of sp³-hybridized carbons (Fsp3) is 0.720. The van der Waals surface area contributed by atoms with E-state index in [1.165, 1.54) is 24.0 Å². The number of carbonyl (C=O) groups is 1. The third kappa shape index (κ3) is 4.10. The Morgan fingerprint density at radius 3 is 2.63 bits per heavy atom. The van der Waals surface area contributed by atoms with Crippen LogP contribution in [0.15, 0.2) is 34.9 Å². The van der Waals surface area contributed by atoms with Gasteiger partial charge in [0.25, 0.3) is 0 Å². The van der Waals surface area contributed by atoms with Gasteiger partial charge in [-0.2, -0.15) is 0 Å². The topological polar surface area (TPSA) is 37.3 Å². The van der Waals surface area contributed by atoms with Gasteiger partial charge in [0.2, 0.25) is 0 Å². The van der Waals surface area contributed by atoms with Gasteiger partial charge in [0, 0.05) is 5.92 Å². The summed E-state index contributed by atoms with van der Waals surface area (Å²) >= 11 is 0. The quantitative estimate of drug-likeness (QED) is 0.543. The Balaban J connectivity index is 1.96. The molecule has 0 spiro atoms. The Labute approximate surface area is 165 Å². The molecule has 0 bridgehead atoms. The second-order valence-electron chi connectivity index (χ2n) is 9.97. The van der Waals surface area contributed by atoms with Crippen molar-refractivity contribution in [1.82, 2.24) is 0 Å². The van der Waals surface area contributed by atoms with E-state index in [-0.39, 0.29) is 11.3 Å². The molecular weight excluding hydrogens is 332 g/mol. The summed E-state index contributed by atoms with van der Waals surface area (Å²) < 4.78 is 0. The Hall–Kier alpha value is -1.31. The standard InChI is InChI=1S/C25H38O2/c1-16-6-9-20-17(2)7-10-21(20)18(3)8-11-23-22(19(4)24(26)27)13-15-25(23,5)14-12-16/h8-9,12,17,19,21-23H,6-7,10-11,13-15H2,1-5H3,(H,26,27)/b16-12+,18-8-,20-9?/t17-,19-,21-,22-,23+,25+/m0/s1. The summed E-state index contributed by atoms with van der Waals surface area (Å²) in [6.45, 7) is 11.3. The van der Waals surface area contributed by atoms with E-state index in [0.717, 1.165) is 32.1 Å². The molecule has 27 heavy (non-hydrogen) atoms. The summed E-state index contributed by atoms with van der Waals surface area (Å²) in [5.74, 6) is 1.20. The fourth-order valence-corrected chi connectivity index (χ4v) is 6.05. The zero-order valence-electron chi connectivity index (χ0n) is 17.9. The minimum absolute atomic E-state index is 0.223. The molecule has 0 aliphatic heterocycles. The third-order valence-electron chi connectivity index (χ3n) is 8.17. The van der Waals surface area contributed by atoms with Crippen molar-refractivity contribution in [1.29, 1.82) is 0 Å². The molecule has 0 saturated heterocycles. The predicted octanol–water partition coefficient (Wildman–Crippen LogP) is 6.79. The first-order chi connectivity index (χ1) is 12.7. The van der Waals surface area contributed by atoms with E-state index < -0.39 is 5.97 Å². The first-order valence-corrected chi connectivity index (χ1v) is 11.0. The van der Waals surface area contributed by atoms with Crippen LogP contribution in [0.5, 0.6) is 0 Å². The molecule has 0 aromatic heterocycles. The molecule has 2 saturated carbocycles. The zero-order valence-corrected chi connectivity index (χ0v) is 17.9. The molecule has 150 valence electrons. The van der Waals surface area contributed by atoms with Gasteiger partial charge in [-0.15, -0.1) is 0 Å². The molecule has 3 aliphatic rings. The Kier molecular flexibility index (Phi) is 6.03. The molecule has 6 atom stereocenters. The number of allylic oxidation sites excluding steroid dienone is 6. The maximum atomic E-state index is 11.7. The van der Waals surface area contributed by atoms with Crippen LogP contribution >= 0.6 is 0 Å². The highest BCUT2D eigenvalue weighted by atomic mass is 16.4. The highest BCUT2D eigenvalue weighted by Crippen LogP contribution is 2.54. The summed E-state index contributed by atoms with van der Waals surface area (Å²) in [5.41, 5.74) is 4.85. The second-order valence-corrected chi connectivity index (χ2v) is 9.97.